The highest BCUT2D eigenvalue weighted by atomic mass is 35.5. The van der Waals surface area contributed by atoms with Crippen LogP contribution in [0, 0.1) is 18.3 Å². The Morgan fingerprint density at radius 3 is 3.00 bits per heavy atom. The minimum Gasteiger partial charge on any atom is -0.340 e. The molecule has 0 fully saturated rings. The number of hydrogen-bond donors (Lipinski definition) is 2. The van der Waals surface area contributed by atoms with Crippen LogP contribution in [-0.2, 0) is 0 Å². The van der Waals surface area contributed by atoms with Gasteiger partial charge in [-0.05, 0) is 30.2 Å². The van der Waals surface area contributed by atoms with Crippen LogP contribution in [0.3, 0.4) is 0 Å². The zero-order valence-corrected chi connectivity index (χ0v) is 11.2. The fraction of sp³-hybridized carbons (Fsp3) is 0.0769. The molecule has 20 heavy (non-hydrogen) atoms. The summed E-state index contributed by atoms with van der Waals surface area (Å²) in [5.74, 6) is 0.486. The number of aromatic nitrogens is 4. The number of imidazole rings is 1. The Balaban J connectivity index is 2.13. The number of nitriles is 1. The lowest BCUT2D eigenvalue weighted by Gasteiger charge is -2.09. The molecule has 0 saturated carbocycles. The maximum atomic E-state index is 9.24. The third kappa shape index (κ3) is 2.04. The Hall–Kier alpha value is -2.65. The van der Waals surface area contributed by atoms with Gasteiger partial charge in [0.05, 0.1) is 17.6 Å². The Labute approximate surface area is 119 Å². The Kier molecular flexibility index (Phi) is 2.97. The van der Waals surface area contributed by atoms with E-state index < -0.39 is 0 Å². The van der Waals surface area contributed by atoms with Crippen molar-refractivity contribution in [2.75, 3.05) is 5.32 Å². The monoisotopic (exact) mass is 284 g/mol. The predicted molar refractivity (Wildman–Crippen MR) is 75.9 cm³/mol. The summed E-state index contributed by atoms with van der Waals surface area (Å²) in [6.45, 7) is 1.88. The molecule has 0 unspecified atom stereocenters. The molecule has 0 atom stereocenters. The van der Waals surface area contributed by atoms with Crippen LogP contribution in [0.5, 0.6) is 0 Å². The van der Waals surface area contributed by atoms with Crippen LogP contribution >= 0.6 is 11.6 Å². The lowest BCUT2D eigenvalue weighted by atomic mass is 10.1. The molecule has 98 valence electrons. The predicted octanol–water partition coefficient (Wildman–Crippen LogP) is 2.93. The van der Waals surface area contributed by atoms with Crippen molar-refractivity contribution < 1.29 is 0 Å². The van der Waals surface area contributed by atoms with Crippen molar-refractivity contribution in [3.63, 3.8) is 0 Å². The van der Waals surface area contributed by atoms with Gasteiger partial charge in [-0.3, -0.25) is 0 Å². The second-order valence-corrected chi connectivity index (χ2v) is 4.51. The van der Waals surface area contributed by atoms with E-state index in [1.807, 2.05) is 25.1 Å². The number of nitrogens with one attached hydrogen (secondary N) is 2. The van der Waals surface area contributed by atoms with Crippen LogP contribution in [0.2, 0.25) is 5.28 Å². The minimum atomic E-state index is 0.0956. The third-order valence-corrected chi connectivity index (χ3v) is 3.07. The molecule has 1 aromatic carbocycles. The molecule has 0 radical (unpaired) electrons. The van der Waals surface area contributed by atoms with Gasteiger partial charge in [0, 0.05) is 0 Å². The number of halogens is 1. The molecule has 0 aliphatic carbocycles. The Morgan fingerprint density at radius 2 is 2.20 bits per heavy atom. The van der Waals surface area contributed by atoms with Crippen LogP contribution in [-0.4, -0.2) is 19.9 Å². The van der Waals surface area contributed by atoms with E-state index in [1.54, 1.807) is 0 Å². The number of H-pyrrole nitrogens is 1. The van der Waals surface area contributed by atoms with E-state index in [0.717, 1.165) is 5.56 Å². The number of nitrogens with zero attached hydrogens (tertiary/aromatic N) is 4. The first-order valence-electron chi connectivity index (χ1n) is 5.82. The number of aryl methyl sites for hydroxylation is 1. The summed E-state index contributed by atoms with van der Waals surface area (Å²) in [5, 5.41) is 12.4. The summed E-state index contributed by atoms with van der Waals surface area (Å²) in [7, 11) is 0. The minimum absolute atomic E-state index is 0.0956. The largest absolute Gasteiger partial charge is 0.340 e. The molecule has 0 amide bonds. The molecule has 7 heteroatoms. The van der Waals surface area contributed by atoms with Gasteiger partial charge in [0.2, 0.25) is 5.28 Å². The number of aromatic amines is 1. The van der Waals surface area contributed by atoms with Gasteiger partial charge in [0.15, 0.2) is 11.5 Å². The normalized spacial score (nSPS) is 10.4. The van der Waals surface area contributed by atoms with Gasteiger partial charge < -0.3 is 10.3 Å². The SMILES string of the molecule is Cc1cccc(Nc2nc(Cl)nc3nc[nH]c23)c1C#N. The maximum absolute atomic E-state index is 9.24. The third-order valence-electron chi connectivity index (χ3n) is 2.90. The molecule has 0 aliphatic rings. The van der Waals surface area contributed by atoms with Crippen molar-refractivity contribution >= 4 is 34.3 Å². The van der Waals surface area contributed by atoms with Crippen molar-refractivity contribution in [2.24, 2.45) is 0 Å². The second kappa shape index (κ2) is 4.79. The first kappa shape index (κ1) is 12.4. The van der Waals surface area contributed by atoms with Crippen LogP contribution in [0.4, 0.5) is 11.5 Å². The van der Waals surface area contributed by atoms with Crippen LogP contribution in [0.15, 0.2) is 24.5 Å². The smallest absolute Gasteiger partial charge is 0.226 e. The van der Waals surface area contributed by atoms with Gasteiger partial charge in [-0.15, -0.1) is 0 Å². The van der Waals surface area contributed by atoms with E-state index in [2.05, 4.69) is 31.3 Å². The standard InChI is InChI=1S/C13H9ClN6/c1-7-3-2-4-9(8(7)5-15)18-12-10-11(17-6-16-10)19-13(14)20-12/h2-4,6H,1H3,(H2,16,17,18,19,20). The average molecular weight is 285 g/mol. The summed E-state index contributed by atoms with van der Waals surface area (Å²) in [6.07, 6.45) is 1.52. The lowest BCUT2D eigenvalue weighted by Crippen LogP contribution is -2.00. The van der Waals surface area contributed by atoms with Gasteiger partial charge in [0.1, 0.15) is 11.6 Å². The van der Waals surface area contributed by atoms with Crippen molar-refractivity contribution in [3.05, 3.63) is 40.9 Å². The summed E-state index contributed by atoms with van der Waals surface area (Å²) in [4.78, 5) is 15.1. The molecule has 2 aromatic heterocycles. The summed E-state index contributed by atoms with van der Waals surface area (Å²) >= 11 is 5.87. The van der Waals surface area contributed by atoms with Crippen LogP contribution in [0.1, 0.15) is 11.1 Å². The van der Waals surface area contributed by atoms with Crippen molar-refractivity contribution in [3.8, 4) is 6.07 Å². The van der Waals surface area contributed by atoms with Crippen molar-refractivity contribution in [2.45, 2.75) is 6.92 Å². The molecule has 0 saturated heterocycles. The number of benzene rings is 1. The highest BCUT2D eigenvalue weighted by Gasteiger charge is 2.11. The molecular formula is C13H9ClN6. The molecule has 2 N–H and O–H groups in total. The summed E-state index contributed by atoms with van der Waals surface area (Å²) < 4.78 is 0. The van der Waals surface area contributed by atoms with E-state index in [9.17, 15) is 5.26 Å². The van der Waals surface area contributed by atoms with Gasteiger partial charge >= 0.3 is 0 Å². The number of rotatable bonds is 2. The van der Waals surface area contributed by atoms with E-state index in [4.69, 9.17) is 11.6 Å². The summed E-state index contributed by atoms with van der Waals surface area (Å²) in [6, 6.07) is 7.73. The van der Waals surface area contributed by atoms with E-state index in [1.165, 1.54) is 6.33 Å². The molecule has 3 aromatic rings. The molecule has 0 spiro atoms. The van der Waals surface area contributed by atoms with Gasteiger partial charge in [0.25, 0.3) is 0 Å². The molecular weight excluding hydrogens is 276 g/mol. The first-order chi connectivity index (χ1) is 9.69. The molecule has 3 rings (SSSR count). The second-order valence-electron chi connectivity index (χ2n) is 4.18. The zero-order chi connectivity index (χ0) is 14.1. The van der Waals surface area contributed by atoms with Crippen LogP contribution in [0.25, 0.3) is 11.2 Å². The van der Waals surface area contributed by atoms with Gasteiger partial charge in [-0.1, -0.05) is 12.1 Å². The highest BCUT2D eigenvalue weighted by molar-refractivity contribution is 6.28. The lowest BCUT2D eigenvalue weighted by molar-refractivity contribution is 1.20. The highest BCUT2D eigenvalue weighted by Crippen LogP contribution is 2.26. The number of hydrogen-bond acceptors (Lipinski definition) is 5. The van der Waals surface area contributed by atoms with E-state index in [-0.39, 0.29) is 5.28 Å². The number of anilines is 2. The number of fused-ring (bicyclic) bond motifs is 1. The Morgan fingerprint density at radius 1 is 1.35 bits per heavy atom. The molecule has 6 nitrogen and oxygen atoms in total. The summed E-state index contributed by atoms with van der Waals surface area (Å²) in [5.41, 5.74) is 3.23. The van der Waals surface area contributed by atoms with Crippen LogP contribution < -0.4 is 5.32 Å². The van der Waals surface area contributed by atoms with Gasteiger partial charge in [-0.2, -0.15) is 15.2 Å². The van der Waals surface area contributed by atoms with Crippen molar-refractivity contribution in [1.29, 1.82) is 5.26 Å². The van der Waals surface area contributed by atoms with Crippen molar-refractivity contribution in [1.82, 2.24) is 19.9 Å². The molecule has 0 aliphatic heterocycles. The zero-order valence-electron chi connectivity index (χ0n) is 10.5. The van der Waals surface area contributed by atoms with E-state index >= 15 is 0 Å². The first-order valence-corrected chi connectivity index (χ1v) is 6.20. The van der Waals surface area contributed by atoms with Gasteiger partial charge in [-0.25, -0.2) is 4.98 Å². The maximum Gasteiger partial charge on any atom is 0.226 e. The fourth-order valence-electron chi connectivity index (χ4n) is 1.94. The Bertz CT molecular complexity index is 832. The fourth-order valence-corrected chi connectivity index (χ4v) is 2.11. The topological polar surface area (TPSA) is 90.3 Å². The molecule has 2 heterocycles. The quantitative estimate of drug-likeness (QED) is 0.706. The van der Waals surface area contributed by atoms with E-state index in [0.29, 0.717) is 28.2 Å². The molecule has 0 bridgehead atoms. The average Bonchev–Trinajstić information content (AvgIpc) is 2.87.